The fourth-order valence-corrected chi connectivity index (χ4v) is 2.21. The van der Waals surface area contributed by atoms with Crippen LogP contribution in [0.3, 0.4) is 0 Å². The maximum absolute atomic E-state index is 12.0. The van der Waals surface area contributed by atoms with E-state index in [0.29, 0.717) is 38.5 Å². The van der Waals surface area contributed by atoms with Gasteiger partial charge in [0, 0.05) is 26.2 Å². The number of carbonyl (C=O) groups excluding carboxylic acids is 2. The molecule has 0 radical (unpaired) electrons. The van der Waals surface area contributed by atoms with Gasteiger partial charge in [0.25, 0.3) is 0 Å². The van der Waals surface area contributed by atoms with E-state index in [2.05, 4.69) is 4.90 Å². The van der Waals surface area contributed by atoms with Gasteiger partial charge in [-0.15, -0.1) is 0 Å². The zero-order valence-corrected chi connectivity index (χ0v) is 16.1. The fourth-order valence-electron chi connectivity index (χ4n) is 2.21. The summed E-state index contributed by atoms with van der Waals surface area (Å²) >= 11 is 0. The largest absolute Gasteiger partial charge is 1.00 e. The Morgan fingerprint density at radius 2 is 1.83 bits per heavy atom. The van der Waals surface area contributed by atoms with Crippen LogP contribution in [0.2, 0.25) is 0 Å². The average Bonchev–Trinajstić information content (AvgIpc) is 2.86. The SMILES string of the molecule is CC(C)(C)OC(=O)N1CCN(Cc2ccc(C(=O)[O-])o2)CC1.[Na+]. The molecule has 8 heteroatoms. The van der Waals surface area contributed by atoms with Gasteiger partial charge in [-0.3, -0.25) is 4.90 Å². The molecule has 2 heterocycles. The number of carboxylic acid groups (broad SMARTS) is 1. The molecule has 0 N–H and O–H groups in total. The van der Waals surface area contributed by atoms with Gasteiger partial charge in [-0.25, -0.2) is 4.79 Å². The second kappa shape index (κ2) is 8.19. The number of furan rings is 1. The molecule has 1 saturated heterocycles. The molecular weight excluding hydrogens is 311 g/mol. The van der Waals surface area contributed by atoms with Gasteiger partial charge in [0.2, 0.25) is 0 Å². The van der Waals surface area contributed by atoms with Crippen molar-refractivity contribution in [2.24, 2.45) is 0 Å². The van der Waals surface area contributed by atoms with Crippen LogP contribution in [-0.4, -0.2) is 53.6 Å². The van der Waals surface area contributed by atoms with Gasteiger partial charge in [-0.1, -0.05) is 0 Å². The Hall–Kier alpha value is -1.02. The van der Waals surface area contributed by atoms with Crippen LogP contribution >= 0.6 is 0 Å². The summed E-state index contributed by atoms with van der Waals surface area (Å²) in [5.41, 5.74) is -0.496. The van der Waals surface area contributed by atoms with Crippen molar-refractivity contribution < 1.29 is 53.4 Å². The zero-order chi connectivity index (χ0) is 16.3. The number of piperazine rings is 1. The van der Waals surface area contributed by atoms with Gasteiger partial charge in [-0.2, -0.15) is 0 Å². The van der Waals surface area contributed by atoms with Crippen molar-refractivity contribution >= 4 is 12.1 Å². The normalized spacial score (nSPS) is 15.9. The zero-order valence-electron chi connectivity index (χ0n) is 14.1. The Morgan fingerprint density at radius 3 is 2.30 bits per heavy atom. The number of rotatable bonds is 3. The predicted molar refractivity (Wildman–Crippen MR) is 76.1 cm³/mol. The number of carbonyl (C=O) groups is 2. The number of amides is 1. The van der Waals surface area contributed by atoms with E-state index in [4.69, 9.17) is 9.15 Å². The summed E-state index contributed by atoms with van der Waals surface area (Å²) in [7, 11) is 0. The Kier molecular flexibility index (Phi) is 7.13. The number of carboxylic acids is 1. The third-order valence-electron chi connectivity index (χ3n) is 3.27. The maximum Gasteiger partial charge on any atom is 1.00 e. The summed E-state index contributed by atoms with van der Waals surface area (Å²) < 4.78 is 10.5. The molecule has 1 aromatic rings. The second-order valence-corrected chi connectivity index (χ2v) is 6.30. The maximum atomic E-state index is 12.0. The molecule has 7 nitrogen and oxygen atoms in total. The number of ether oxygens (including phenoxy) is 1. The van der Waals surface area contributed by atoms with Gasteiger partial charge in [0.15, 0.2) is 0 Å². The van der Waals surface area contributed by atoms with Crippen molar-refractivity contribution in [1.29, 1.82) is 0 Å². The summed E-state index contributed by atoms with van der Waals surface area (Å²) in [6, 6.07) is 3.02. The summed E-state index contributed by atoms with van der Waals surface area (Å²) in [4.78, 5) is 26.4. The fraction of sp³-hybridized carbons (Fsp3) is 0.600. The van der Waals surface area contributed by atoms with Crippen molar-refractivity contribution in [3.63, 3.8) is 0 Å². The standard InChI is InChI=1S/C15H22N2O5.Na/c1-15(2,3)22-14(20)17-8-6-16(7-9-17)10-11-4-5-12(21-11)13(18)19;/h4-5H,6-10H2,1-3H3,(H,18,19);/q;+1/p-1. The molecule has 2 rings (SSSR count). The molecule has 1 aliphatic heterocycles. The van der Waals surface area contributed by atoms with Crippen molar-refractivity contribution in [3.8, 4) is 0 Å². The quantitative estimate of drug-likeness (QED) is 0.579. The first-order valence-corrected chi connectivity index (χ1v) is 7.25. The van der Waals surface area contributed by atoms with Gasteiger partial charge in [-0.05, 0) is 32.9 Å². The molecule has 23 heavy (non-hydrogen) atoms. The van der Waals surface area contributed by atoms with E-state index in [1.54, 1.807) is 11.0 Å². The van der Waals surface area contributed by atoms with Crippen molar-refractivity contribution in [3.05, 3.63) is 23.7 Å². The van der Waals surface area contributed by atoms with E-state index in [9.17, 15) is 14.7 Å². The molecular formula is C15H21N2NaO5. The molecule has 1 amide bonds. The van der Waals surface area contributed by atoms with Crippen LogP contribution < -0.4 is 34.7 Å². The monoisotopic (exact) mass is 332 g/mol. The first-order chi connectivity index (χ1) is 10.2. The minimum Gasteiger partial charge on any atom is -0.542 e. The van der Waals surface area contributed by atoms with Gasteiger partial charge in [0.05, 0.1) is 6.54 Å². The van der Waals surface area contributed by atoms with Crippen molar-refractivity contribution in [1.82, 2.24) is 9.80 Å². The molecule has 0 unspecified atom stereocenters. The molecule has 0 bridgehead atoms. The first-order valence-electron chi connectivity index (χ1n) is 7.25. The Morgan fingerprint density at radius 1 is 1.22 bits per heavy atom. The van der Waals surface area contributed by atoms with Crippen molar-refractivity contribution in [2.45, 2.75) is 32.9 Å². The summed E-state index contributed by atoms with van der Waals surface area (Å²) in [5.74, 6) is -0.909. The van der Waals surface area contributed by atoms with Gasteiger partial charge >= 0.3 is 35.7 Å². The Balaban J connectivity index is 0.00000264. The summed E-state index contributed by atoms with van der Waals surface area (Å²) in [6.45, 7) is 8.54. The predicted octanol–water partition coefficient (Wildman–Crippen LogP) is -2.30. The van der Waals surface area contributed by atoms with Crippen LogP contribution in [0.5, 0.6) is 0 Å². The van der Waals surface area contributed by atoms with Crippen LogP contribution in [0, 0.1) is 0 Å². The van der Waals surface area contributed by atoms with Gasteiger partial charge in [0.1, 0.15) is 23.1 Å². The summed E-state index contributed by atoms with van der Waals surface area (Å²) in [6.07, 6.45) is -0.301. The number of hydrogen-bond donors (Lipinski definition) is 0. The third kappa shape index (κ3) is 6.18. The first kappa shape index (κ1) is 20.0. The molecule has 0 spiro atoms. The third-order valence-corrected chi connectivity index (χ3v) is 3.27. The van der Waals surface area contributed by atoms with E-state index in [0.717, 1.165) is 0 Å². The number of nitrogens with zero attached hydrogens (tertiary/aromatic N) is 2. The molecule has 0 aliphatic carbocycles. The number of aromatic carboxylic acids is 1. The minimum absolute atomic E-state index is 0. The molecule has 122 valence electrons. The molecule has 0 aromatic carbocycles. The van der Waals surface area contributed by atoms with Crippen LogP contribution in [0.1, 0.15) is 37.1 Å². The smallest absolute Gasteiger partial charge is 0.542 e. The van der Waals surface area contributed by atoms with E-state index in [-0.39, 0.29) is 41.4 Å². The van der Waals surface area contributed by atoms with E-state index in [1.165, 1.54) is 6.07 Å². The second-order valence-electron chi connectivity index (χ2n) is 6.30. The Labute approximate surface area is 157 Å². The van der Waals surface area contributed by atoms with E-state index < -0.39 is 11.6 Å². The van der Waals surface area contributed by atoms with Crippen molar-refractivity contribution in [2.75, 3.05) is 26.2 Å². The molecule has 1 aromatic heterocycles. The Bertz CT molecular complexity index is 544. The number of hydrogen-bond acceptors (Lipinski definition) is 6. The van der Waals surface area contributed by atoms with Crippen LogP contribution in [0.4, 0.5) is 4.79 Å². The van der Waals surface area contributed by atoms with E-state index >= 15 is 0 Å². The van der Waals surface area contributed by atoms with Crippen LogP contribution in [0.15, 0.2) is 16.5 Å². The van der Waals surface area contributed by atoms with Crippen LogP contribution in [0.25, 0.3) is 0 Å². The van der Waals surface area contributed by atoms with Gasteiger partial charge < -0.3 is 24.0 Å². The topological polar surface area (TPSA) is 86.0 Å². The van der Waals surface area contributed by atoms with E-state index in [1.807, 2.05) is 20.8 Å². The molecule has 0 atom stereocenters. The average molecular weight is 332 g/mol. The molecule has 0 saturated carbocycles. The van der Waals surface area contributed by atoms with Crippen LogP contribution in [-0.2, 0) is 11.3 Å². The summed E-state index contributed by atoms with van der Waals surface area (Å²) in [5, 5.41) is 10.7. The molecule has 1 fully saturated rings. The molecule has 1 aliphatic rings. The minimum atomic E-state index is -1.32.